The lowest BCUT2D eigenvalue weighted by atomic mass is 9.96. The molecule has 0 saturated heterocycles. The van der Waals surface area contributed by atoms with Crippen LogP contribution < -0.4 is 15.4 Å². The Hall–Kier alpha value is -4.66. The number of aromatic nitrogens is 4. The maximum absolute atomic E-state index is 13.6. The molecule has 34 heavy (non-hydrogen) atoms. The number of phenolic OH excluding ortho intramolecular Hbond substituents is 1. The predicted molar refractivity (Wildman–Crippen MR) is 127 cm³/mol. The number of para-hydroxylation sites is 2. The molecule has 9 heteroatoms. The van der Waals surface area contributed by atoms with Crippen LogP contribution in [0.15, 0.2) is 84.3 Å². The van der Waals surface area contributed by atoms with Crippen molar-refractivity contribution in [1.82, 2.24) is 19.7 Å². The third-order valence-electron chi connectivity index (χ3n) is 5.58. The van der Waals surface area contributed by atoms with Gasteiger partial charge in [0.25, 0.3) is 5.91 Å². The number of hydrogen-bond donors (Lipinski definition) is 3. The molecule has 2 aromatic heterocycles. The lowest BCUT2D eigenvalue weighted by Gasteiger charge is -2.28. The largest absolute Gasteiger partial charge is 0.508 e. The second-order valence-corrected chi connectivity index (χ2v) is 7.76. The van der Waals surface area contributed by atoms with Gasteiger partial charge in [-0.2, -0.15) is 4.98 Å². The minimum atomic E-state index is -0.557. The molecule has 2 aromatic carbocycles. The number of amides is 1. The number of hydrogen-bond acceptors (Lipinski definition) is 7. The van der Waals surface area contributed by atoms with Gasteiger partial charge in [-0.05, 0) is 55.0 Å². The van der Waals surface area contributed by atoms with Crippen molar-refractivity contribution in [3.63, 3.8) is 0 Å². The van der Waals surface area contributed by atoms with Crippen molar-refractivity contribution in [1.29, 1.82) is 0 Å². The number of rotatable bonds is 5. The zero-order valence-corrected chi connectivity index (χ0v) is 18.6. The minimum Gasteiger partial charge on any atom is -0.508 e. The monoisotopic (exact) mass is 454 g/mol. The molecule has 0 spiro atoms. The summed E-state index contributed by atoms with van der Waals surface area (Å²) in [6, 6.07) is 17.0. The maximum atomic E-state index is 13.6. The number of methoxy groups -OCH3 is 1. The van der Waals surface area contributed by atoms with Crippen LogP contribution in [-0.2, 0) is 4.79 Å². The fraction of sp³-hybridized carbons (Fsp3) is 0.120. The summed E-state index contributed by atoms with van der Waals surface area (Å²) in [7, 11) is 1.56. The van der Waals surface area contributed by atoms with Crippen molar-refractivity contribution >= 4 is 17.5 Å². The number of allylic oxidation sites excluding steroid dienone is 1. The maximum Gasteiger partial charge on any atom is 0.255 e. The van der Waals surface area contributed by atoms with E-state index in [9.17, 15) is 9.90 Å². The van der Waals surface area contributed by atoms with Gasteiger partial charge in [0.1, 0.15) is 17.5 Å². The first kappa shape index (κ1) is 21.2. The molecule has 170 valence electrons. The Bertz CT molecular complexity index is 1380. The molecule has 1 aliphatic heterocycles. The number of ether oxygens (including phenoxy) is 1. The highest BCUT2D eigenvalue weighted by Crippen LogP contribution is 2.37. The van der Waals surface area contributed by atoms with Gasteiger partial charge in [0.15, 0.2) is 5.82 Å². The predicted octanol–water partition coefficient (Wildman–Crippen LogP) is 3.98. The standard InChI is InChI=1S/C25H22N6O3/c1-15-21(24(33)28-19-7-3-4-8-20(19)34-2)22(17-6-5-13-26-14-17)31-25(27-15)29-23(30-31)16-9-11-18(32)12-10-16/h3-14,22,32H,1-2H3,(H,28,33)(H,27,29,30). The Kier molecular flexibility index (Phi) is 5.43. The fourth-order valence-corrected chi connectivity index (χ4v) is 3.96. The van der Waals surface area contributed by atoms with Gasteiger partial charge in [-0.15, -0.1) is 5.10 Å². The number of fused-ring (bicyclic) bond motifs is 1. The van der Waals surface area contributed by atoms with Crippen LogP contribution in [-0.4, -0.2) is 37.9 Å². The average Bonchev–Trinajstić information content (AvgIpc) is 3.28. The number of nitrogens with zero attached hydrogens (tertiary/aromatic N) is 4. The zero-order chi connectivity index (χ0) is 23.7. The van der Waals surface area contributed by atoms with Crippen LogP contribution in [0, 0.1) is 0 Å². The van der Waals surface area contributed by atoms with Crippen LogP contribution in [0.4, 0.5) is 11.6 Å². The Labute approximate surface area is 195 Å². The van der Waals surface area contributed by atoms with Gasteiger partial charge in [-0.3, -0.25) is 9.78 Å². The van der Waals surface area contributed by atoms with Gasteiger partial charge in [0.2, 0.25) is 5.95 Å². The fourth-order valence-electron chi connectivity index (χ4n) is 3.96. The molecule has 0 aliphatic carbocycles. The van der Waals surface area contributed by atoms with Crippen molar-refractivity contribution in [3.8, 4) is 22.9 Å². The van der Waals surface area contributed by atoms with Crippen LogP contribution in [0.5, 0.6) is 11.5 Å². The highest BCUT2D eigenvalue weighted by molar-refractivity contribution is 6.06. The third kappa shape index (κ3) is 3.83. The average molecular weight is 454 g/mol. The van der Waals surface area contributed by atoms with Crippen molar-refractivity contribution < 1.29 is 14.6 Å². The molecular formula is C25H22N6O3. The summed E-state index contributed by atoms with van der Waals surface area (Å²) in [5.74, 6) is 1.40. The summed E-state index contributed by atoms with van der Waals surface area (Å²) < 4.78 is 7.07. The molecule has 0 fully saturated rings. The number of anilines is 2. The van der Waals surface area contributed by atoms with Gasteiger partial charge in [-0.1, -0.05) is 18.2 Å². The number of aromatic hydroxyl groups is 1. The first-order valence-electron chi connectivity index (χ1n) is 10.6. The lowest BCUT2D eigenvalue weighted by Crippen LogP contribution is -2.31. The van der Waals surface area contributed by atoms with E-state index >= 15 is 0 Å². The van der Waals surface area contributed by atoms with E-state index in [4.69, 9.17) is 9.84 Å². The molecule has 1 amide bonds. The number of benzene rings is 2. The topological polar surface area (TPSA) is 114 Å². The molecule has 5 rings (SSSR count). The minimum absolute atomic E-state index is 0.159. The van der Waals surface area contributed by atoms with Crippen LogP contribution in [0.25, 0.3) is 11.4 Å². The molecule has 3 N–H and O–H groups in total. The van der Waals surface area contributed by atoms with E-state index in [2.05, 4.69) is 20.6 Å². The number of carbonyl (C=O) groups is 1. The van der Waals surface area contributed by atoms with Gasteiger partial charge in [0, 0.05) is 23.7 Å². The Morgan fingerprint density at radius 3 is 2.65 bits per heavy atom. The molecular weight excluding hydrogens is 432 g/mol. The summed E-state index contributed by atoms with van der Waals surface area (Å²) in [4.78, 5) is 22.5. The number of nitrogens with one attached hydrogen (secondary N) is 2. The van der Waals surface area contributed by atoms with Crippen molar-refractivity contribution in [3.05, 3.63) is 89.9 Å². The zero-order valence-electron chi connectivity index (χ0n) is 18.6. The van der Waals surface area contributed by atoms with Crippen LogP contribution in [0.2, 0.25) is 0 Å². The molecule has 3 heterocycles. The summed E-state index contributed by atoms with van der Waals surface area (Å²) in [6.07, 6.45) is 3.39. The van der Waals surface area contributed by atoms with Crippen LogP contribution >= 0.6 is 0 Å². The van der Waals surface area contributed by atoms with Crippen LogP contribution in [0.3, 0.4) is 0 Å². The van der Waals surface area contributed by atoms with Gasteiger partial charge in [0.05, 0.1) is 18.4 Å². The van der Waals surface area contributed by atoms with Crippen molar-refractivity contribution in [2.75, 3.05) is 17.7 Å². The number of carbonyl (C=O) groups excluding carboxylic acids is 1. The van der Waals surface area contributed by atoms with E-state index in [0.717, 1.165) is 11.1 Å². The summed E-state index contributed by atoms with van der Waals surface area (Å²) in [5.41, 5.74) is 3.22. The summed E-state index contributed by atoms with van der Waals surface area (Å²) in [6.45, 7) is 1.83. The molecule has 0 saturated carbocycles. The quantitative estimate of drug-likeness (QED) is 0.418. The highest BCUT2D eigenvalue weighted by atomic mass is 16.5. The first-order chi connectivity index (χ1) is 16.5. The molecule has 1 unspecified atom stereocenters. The lowest BCUT2D eigenvalue weighted by molar-refractivity contribution is -0.113. The van der Waals surface area contributed by atoms with E-state index in [1.807, 2.05) is 31.2 Å². The normalized spacial score (nSPS) is 14.8. The first-order valence-corrected chi connectivity index (χ1v) is 10.6. The van der Waals surface area contributed by atoms with Crippen LogP contribution in [0.1, 0.15) is 18.5 Å². The van der Waals surface area contributed by atoms with E-state index in [-0.39, 0.29) is 11.7 Å². The smallest absolute Gasteiger partial charge is 0.255 e. The number of phenols is 1. The van der Waals surface area contributed by atoms with Gasteiger partial charge >= 0.3 is 0 Å². The highest BCUT2D eigenvalue weighted by Gasteiger charge is 2.34. The molecule has 9 nitrogen and oxygen atoms in total. The van der Waals surface area contributed by atoms with E-state index < -0.39 is 6.04 Å². The van der Waals surface area contributed by atoms with E-state index in [0.29, 0.717) is 34.5 Å². The Balaban J connectivity index is 1.58. The van der Waals surface area contributed by atoms with E-state index in [1.165, 1.54) is 0 Å². The van der Waals surface area contributed by atoms with Gasteiger partial charge in [-0.25, -0.2) is 4.68 Å². The molecule has 4 aromatic rings. The number of pyridine rings is 1. The second-order valence-electron chi connectivity index (χ2n) is 7.76. The Morgan fingerprint density at radius 1 is 1.12 bits per heavy atom. The Morgan fingerprint density at radius 2 is 1.91 bits per heavy atom. The molecule has 0 bridgehead atoms. The van der Waals surface area contributed by atoms with E-state index in [1.54, 1.807) is 60.6 Å². The SMILES string of the molecule is COc1ccccc1NC(=O)C1=C(C)Nc2nc(-c3ccc(O)cc3)nn2C1c1cccnc1. The second kappa shape index (κ2) is 8.70. The summed E-state index contributed by atoms with van der Waals surface area (Å²) in [5, 5.41) is 20.5. The van der Waals surface area contributed by atoms with Crippen molar-refractivity contribution in [2.45, 2.75) is 13.0 Å². The van der Waals surface area contributed by atoms with Crippen molar-refractivity contribution in [2.24, 2.45) is 0 Å². The summed E-state index contributed by atoms with van der Waals surface area (Å²) >= 11 is 0. The third-order valence-corrected chi connectivity index (χ3v) is 5.58. The molecule has 1 aliphatic rings. The molecule has 0 radical (unpaired) electrons. The van der Waals surface area contributed by atoms with Gasteiger partial charge < -0.3 is 20.5 Å². The molecule has 1 atom stereocenters.